The smallest absolute Gasteiger partial charge is 0.339 e. The fourth-order valence-corrected chi connectivity index (χ4v) is 3.25. The van der Waals surface area contributed by atoms with Crippen molar-refractivity contribution < 1.29 is 19.1 Å². The van der Waals surface area contributed by atoms with Crippen molar-refractivity contribution in [2.75, 3.05) is 7.05 Å². The molecule has 6 nitrogen and oxygen atoms in total. The van der Waals surface area contributed by atoms with Gasteiger partial charge in [0.1, 0.15) is 12.4 Å². The van der Waals surface area contributed by atoms with Crippen LogP contribution in [0.4, 0.5) is 0 Å². The molecular weight excluding hydrogens is 388 g/mol. The summed E-state index contributed by atoms with van der Waals surface area (Å²) < 4.78 is 11.0. The minimum atomic E-state index is -0.893. The van der Waals surface area contributed by atoms with E-state index in [0.29, 0.717) is 24.5 Å². The van der Waals surface area contributed by atoms with Crippen LogP contribution in [0.1, 0.15) is 28.5 Å². The number of hydrogen-bond acceptors (Lipinski definition) is 6. The molecule has 2 aromatic carbocycles. The predicted octanol–water partition coefficient (Wildman–Crippen LogP) is 3.93. The first-order chi connectivity index (χ1) is 14.0. The quantitative estimate of drug-likeness (QED) is 0.527. The minimum Gasteiger partial charge on any atom is -0.487 e. The van der Waals surface area contributed by atoms with E-state index in [9.17, 15) is 9.59 Å². The molecule has 1 atom stereocenters. The highest BCUT2D eigenvalue weighted by atomic mass is 32.1. The lowest BCUT2D eigenvalue weighted by atomic mass is 10.2. The summed E-state index contributed by atoms with van der Waals surface area (Å²) in [7, 11) is 1.69. The van der Waals surface area contributed by atoms with E-state index in [1.165, 1.54) is 11.3 Å². The molecule has 0 fully saturated rings. The third-order valence-corrected chi connectivity index (χ3v) is 4.85. The van der Waals surface area contributed by atoms with E-state index in [1.54, 1.807) is 48.6 Å². The Morgan fingerprint density at radius 3 is 2.66 bits per heavy atom. The Morgan fingerprint density at radius 1 is 1.14 bits per heavy atom. The first kappa shape index (κ1) is 20.5. The summed E-state index contributed by atoms with van der Waals surface area (Å²) in [6.45, 7) is 2.34. The first-order valence-corrected chi connectivity index (χ1v) is 10.1. The highest BCUT2D eigenvalue weighted by molar-refractivity contribution is 7.07. The van der Waals surface area contributed by atoms with Crippen molar-refractivity contribution in [2.45, 2.75) is 26.2 Å². The molecule has 150 valence electrons. The molecule has 0 saturated carbocycles. The third kappa shape index (κ3) is 5.89. The second kappa shape index (κ2) is 9.84. The highest BCUT2D eigenvalue weighted by Gasteiger charge is 2.22. The van der Waals surface area contributed by atoms with Crippen LogP contribution in [0.5, 0.6) is 5.75 Å². The Morgan fingerprint density at radius 2 is 1.93 bits per heavy atom. The first-order valence-electron chi connectivity index (χ1n) is 9.12. The van der Waals surface area contributed by atoms with Gasteiger partial charge in [-0.25, -0.2) is 9.78 Å². The highest BCUT2D eigenvalue weighted by Crippen LogP contribution is 2.17. The zero-order valence-electron chi connectivity index (χ0n) is 16.3. The molecule has 0 bridgehead atoms. The van der Waals surface area contributed by atoms with Gasteiger partial charge in [0.2, 0.25) is 0 Å². The number of thiazole rings is 1. The lowest BCUT2D eigenvalue weighted by molar-refractivity contribution is -0.139. The van der Waals surface area contributed by atoms with Gasteiger partial charge in [0.15, 0.2) is 6.10 Å². The molecule has 0 aliphatic carbocycles. The Bertz CT molecular complexity index is 944. The van der Waals surface area contributed by atoms with Gasteiger partial charge in [-0.05, 0) is 30.7 Å². The van der Waals surface area contributed by atoms with E-state index >= 15 is 0 Å². The maximum Gasteiger partial charge on any atom is 0.339 e. The number of carbonyl (C=O) groups excluding carboxylic acids is 2. The van der Waals surface area contributed by atoms with Gasteiger partial charge in [0.25, 0.3) is 5.91 Å². The molecule has 1 amide bonds. The molecule has 0 aliphatic heterocycles. The second-order valence-corrected chi connectivity index (χ2v) is 7.24. The molecule has 29 heavy (non-hydrogen) atoms. The number of ether oxygens (including phenoxy) is 2. The second-order valence-electron chi connectivity index (χ2n) is 6.52. The van der Waals surface area contributed by atoms with Gasteiger partial charge in [-0.1, -0.05) is 36.4 Å². The largest absolute Gasteiger partial charge is 0.487 e. The summed E-state index contributed by atoms with van der Waals surface area (Å²) in [5.41, 5.74) is 3.89. The van der Waals surface area contributed by atoms with Gasteiger partial charge < -0.3 is 14.4 Å². The van der Waals surface area contributed by atoms with E-state index in [4.69, 9.17) is 9.47 Å². The number of rotatable bonds is 8. The van der Waals surface area contributed by atoms with Crippen molar-refractivity contribution in [3.63, 3.8) is 0 Å². The van der Waals surface area contributed by atoms with Crippen LogP contribution in [0.2, 0.25) is 0 Å². The molecule has 1 aromatic heterocycles. The summed E-state index contributed by atoms with van der Waals surface area (Å²) >= 11 is 1.49. The van der Waals surface area contributed by atoms with Gasteiger partial charge >= 0.3 is 5.97 Å². The molecule has 0 spiro atoms. The fourth-order valence-electron chi connectivity index (χ4n) is 2.70. The summed E-state index contributed by atoms with van der Waals surface area (Å²) in [6.07, 6.45) is -0.893. The average Bonchev–Trinajstić information content (AvgIpc) is 3.26. The van der Waals surface area contributed by atoms with Crippen LogP contribution in [0.15, 0.2) is 65.5 Å². The third-order valence-electron chi connectivity index (χ3n) is 4.21. The Hall–Kier alpha value is -3.19. The van der Waals surface area contributed by atoms with Gasteiger partial charge in [-0.2, -0.15) is 0 Å². The SMILES string of the molecule is CC(OC(=O)c1cccc(OCc2cscn2)c1)C(=O)N(C)Cc1ccccc1. The molecular formula is C22H22N2O4S. The maximum atomic E-state index is 12.5. The van der Waals surface area contributed by atoms with Crippen molar-refractivity contribution in [1.29, 1.82) is 0 Å². The van der Waals surface area contributed by atoms with Crippen LogP contribution in [0, 0.1) is 0 Å². The van der Waals surface area contributed by atoms with Crippen molar-refractivity contribution in [1.82, 2.24) is 9.88 Å². The monoisotopic (exact) mass is 410 g/mol. The lowest BCUT2D eigenvalue weighted by Crippen LogP contribution is -2.37. The van der Waals surface area contributed by atoms with E-state index in [2.05, 4.69) is 4.98 Å². The number of amides is 1. The van der Waals surface area contributed by atoms with Crippen LogP contribution in [0.25, 0.3) is 0 Å². The van der Waals surface area contributed by atoms with Crippen molar-refractivity contribution in [3.8, 4) is 5.75 Å². The zero-order valence-corrected chi connectivity index (χ0v) is 17.1. The molecule has 7 heteroatoms. The zero-order chi connectivity index (χ0) is 20.6. The van der Waals surface area contributed by atoms with Crippen molar-refractivity contribution >= 4 is 23.2 Å². The topological polar surface area (TPSA) is 68.7 Å². The van der Waals surface area contributed by atoms with Gasteiger partial charge in [-0.3, -0.25) is 4.79 Å². The maximum absolute atomic E-state index is 12.5. The Balaban J connectivity index is 1.55. The molecule has 0 N–H and O–H groups in total. The number of aromatic nitrogens is 1. The lowest BCUT2D eigenvalue weighted by Gasteiger charge is -2.21. The van der Waals surface area contributed by atoms with Crippen LogP contribution in [-0.2, 0) is 22.7 Å². The normalized spacial score (nSPS) is 11.5. The molecule has 0 aliphatic rings. The van der Waals surface area contributed by atoms with Gasteiger partial charge in [0.05, 0.1) is 16.8 Å². The average molecular weight is 410 g/mol. The van der Waals surface area contributed by atoms with Gasteiger partial charge in [0, 0.05) is 19.0 Å². The molecule has 1 heterocycles. The van der Waals surface area contributed by atoms with Crippen LogP contribution >= 0.6 is 11.3 Å². The Kier molecular flexibility index (Phi) is 6.97. The van der Waals surface area contributed by atoms with Crippen molar-refractivity contribution in [3.05, 3.63) is 82.3 Å². The number of benzene rings is 2. The molecule has 1 unspecified atom stereocenters. The van der Waals surface area contributed by atoms with Crippen LogP contribution < -0.4 is 4.74 Å². The van der Waals surface area contributed by atoms with Crippen LogP contribution in [0.3, 0.4) is 0 Å². The number of likely N-dealkylation sites (N-methyl/N-ethyl adjacent to an activating group) is 1. The minimum absolute atomic E-state index is 0.266. The van der Waals surface area contributed by atoms with E-state index in [1.807, 2.05) is 35.7 Å². The summed E-state index contributed by atoms with van der Waals surface area (Å²) in [5, 5.41) is 1.90. The summed E-state index contributed by atoms with van der Waals surface area (Å²) in [4.78, 5) is 30.7. The number of hydrogen-bond donors (Lipinski definition) is 0. The molecule has 3 rings (SSSR count). The van der Waals surface area contributed by atoms with E-state index in [-0.39, 0.29) is 5.91 Å². The fraction of sp³-hybridized carbons (Fsp3) is 0.227. The predicted molar refractivity (Wildman–Crippen MR) is 111 cm³/mol. The molecule has 3 aromatic rings. The Labute approximate surface area is 173 Å². The molecule has 0 radical (unpaired) electrons. The number of esters is 1. The number of carbonyl (C=O) groups is 2. The summed E-state index contributed by atoms with van der Waals surface area (Å²) in [6, 6.07) is 16.3. The van der Waals surface area contributed by atoms with Crippen molar-refractivity contribution in [2.24, 2.45) is 0 Å². The van der Waals surface area contributed by atoms with Crippen LogP contribution in [-0.4, -0.2) is 34.9 Å². The standard InChI is InChI=1S/C22H22N2O4S/c1-16(21(25)24(2)12-17-7-4-3-5-8-17)28-22(26)18-9-6-10-20(11-18)27-13-19-14-29-15-23-19/h3-11,14-16H,12-13H2,1-2H3. The summed E-state index contributed by atoms with van der Waals surface area (Å²) in [5.74, 6) is -0.302. The molecule has 0 saturated heterocycles. The number of nitrogens with zero attached hydrogens (tertiary/aromatic N) is 2. The van der Waals surface area contributed by atoms with E-state index in [0.717, 1.165) is 11.3 Å². The van der Waals surface area contributed by atoms with Gasteiger partial charge in [-0.15, -0.1) is 11.3 Å². The van der Waals surface area contributed by atoms with E-state index < -0.39 is 12.1 Å².